The van der Waals surface area contributed by atoms with Gasteiger partial charge in [0.15, 0.2) is 11.4 Å². The summed E-state index contributed by atoms with van der Waals surface area (Å²) in [7, 11) is 4.32. The Labute approximate surface area is 86.6 Å². The van der Waals surface area contributed by atoms with Crippen LogP contribution in [0.2, 0.25) is 0 Å². The molecule has 1 heterocycles. The van der Waals surface area contributed by atoms with Crippen LogP contribution in [-0.2, 0) is 9.53 Å². The van der Waals surface area contributed by atoms with Crippen LogP contribution in [-0.4, -0.2) is 49.2 Å². The number of rotatable bonds is 2. The summed E-state index contributed by atoms with van der Waals surface area (Å²) in [5.41, 5.74) is -0.565. The molecule has 0 aromatic rings. The van der Waals surface area contributed by atoms with Gasteiger partial charge in [-0.25, -0.2) is 0 Å². The number of carbonyl (C=O) groups excluding carboxylic acids is 1. The van der Waals surface area contributed by atoms with Crippen LogP contribution in [0.4, 0.5) is 0 Å². The van der Waals surface area contributed by atoms with Gasteiger partial charge in [-0.2, -0.15) is 0 Å². The Morgan fingerprint density at radius 1 is 1.57 bits per heavy atom. The standard InChI is InChI=1S/C11H22NO2/c1-6-14-11(3)8-12(4,5)9(2)7-10(11)13/h9H,6-8H2,1-5H3/q+1. The molecule has 1 rings (SSSR count). The van der Waals surface area contributed by atoms with Crippen molar-refractivity contribution in [1.29, 1.82) is 0 Å². The lowest BCUT2D eigenvalue weighted by molar-refractivity contribution is -0.920. The Morgan fingerprint density at radius 2 is 2.14 bits per heavy atom. The highest BCUT2D eigenvalue weighted by molar-refractivity contribution is 5.88. The number of ether oxygens (including phenoxy) is 1. The summed E-state index contributed by atoms with van der Waals surface area (Å²) < 4.78 is 6.46. The van der Waals surface area contributed by atoms with Gasteiger partial charge in [-0.3, -0.25) is 4.79 Å². The van der Waals surface area contributed by atoms with Gasteiger partial charge in [0.2, 0.25) is 0 Å². The molecular formula is C11H22NO2+. The Kier molecular flexibility index (Phi) is 3.02. The Morgan fingerprint density at radius 3 is 2.64 bits per heavy atom. The molecule has 0 saturated carbocycles. The van der Waals surface area contributed by atoms with Crippen molar-refractivity contribution in [2.24, 2.45) is 0 Å². The lowest BCUT2D eigenvalue weighted by Gasteiger charge is -2.46. The number of likely N-dealkylation sites (N-methyl/N-ethyl adjacent to an activating group) is 1. The quantitative estimate of drug-likeness (QED) is 0.626. The zero-order valence-electron chi connectivity index (χ0n) is 9.96. The van der Waals surface area contributed by atoms with E-state index in [1.54, 1.807) is 0 Å². The molecule has 0 radical (unpaired) electrons. The average molecular weight is 200 g/mol. The van der Waals surface area contributed by atoms with E-state index in [9.17, 15) is 4.79 Å². The molecule has 0 bridgehead atoms. The van der Waals surface area contributed by atoms with Gasteiger partial charge in [0, 0.05) is 6.61 Å². The van der Waals surface area contributed by atoms with Gasteiger partial charge >= 0.3 is 0 Å². The highest BCUT2D eigenvalue weighted by Crippen LogP contribution is 2.28. The number of carbonyl (C=O) groups is 1. The SMILES string of the molecule is CCOC1(C)C[N+](C)(C)C(C)CC1=O. The summed E-state index contributed by atoms with van der Waals surface area (Å²) in [5.74, 6) is 0.254. The molecule has 1 aliphatic heterocycles. The molecule has 14 heavy (non-hydrogen) atoms. The van der Waals surface area contributed by atoms with Crippen molar-refractivity contribution in [3.8, 4) is 0 Å². The first kappa shape index (κ1) is 11.7. The average Bonchev–Trinajstić information content (AvgIpc) is 2.01. The second kappa shape index (κ2) is 3.63. The van der Waals surface area contributed by atoms with Crippen LogP contribution < -0.4 is 0 Å². The van der Waals surface area contributed by atoms with Crippen molar-refractivity contribution >= 4 is 5.78 Å². The van der Waals surface area contributed by atoms with Crippen molar-refractivity contribution in [1.82, 2.24) is 0 Å². The van der Waals surface area contributed by atoms with E-state index >= 15 is 0 Å². The van der Waals surface area contributed by atoms with Gasteiger partial charge in [-0.15, -0.1) is 0 Å². The highest BCUT2D eigenvalue weighted by Gasteiger charge is 2.48. The molecule has 0 amide bonds. The summed E-state index contributed by atoms with van der Waals surface area (Å²) in [6.45, 7) is 7.38. The molecule has 1 fully saturated rings. The minimum Gasteiger partial charge on any atom is -0.362 e. The van der Waals surface area contributed by atoms with E-state index in [0.29, 0.717) is 19.1 Å². The first-order valence-corrected chi connectivity index (χ1v) is 5.32. The molecular weight excluding hydrogens is 178 g/mol. The van der Waals surface area contributed by atoms with Crippen molar-refractivity contribution in [2.75, 3.05) is 27.2 Å². The molecule has 0 aromatic carbocycles. The van der Waals surface area contributed by atoms with Crippen LogP contribution in [0.5, 0.6) is 0 Å². The summed E-state index contributed by atoms with van der Waals surface area (Å²) in [4.78, 5) is 11.9. The third-order valence-electron chi connectivity index (χ3n) is 3.44. The van der Waals surface area contributed by atoms with Gasteiger partial charge in [-0.1, -0.05) is 0 Å². The number of hydrogen-bond donors (Lipinski definition) is 0. The number of hydrogen-bond acceptors (Lipinski definition) is 2. The third kappa shape index (κ3) is 1.98. The summed E-state index contributed by atoms with van der Waals surface area (Å²) >= 11 is 0. The van der Waals surface area contributed by atoms with Gasteiger partial charge in [-0.05, 0) is 20.8 Å². The van der Waals surface area contributed by atoms with Crippen molar-refractivity contribution in [2.45, 2.75) is 38.8 Å². The van der Waals surface area contributed by atoms with E-state index in [1.165, 1.54) is 0 Å². The molecule has 0 aliphatic carbocycles. The molecule has 0 aromatic heterocycles. The lowest BCUT2D eigenvalue weighted by atomic mass is 9.87. The van der Waals surface area contributed by atoms with Gasteiger partial charge in [0.05, 0.1) is 26.6 Å². The van der Waals surface area contributed by atoms with Gasteiger partial charge in [0.25, 0.3) is 0 Å². The van der Waals surface area contributed by atoms with Crippen LogP contribution in [0.3, 0.4) is 0 Å². The first-order chi connectivity index (χ1) is 6.32. The number of ketones is 1. The smallest absolute Gasteiger partial charge is 0.176 e. The van der Waals surface area contributed by atoms with Crippen LogP contribution in [0.25, 0.3) is 0 Å². The van der Waals surface area contributed by atoms with Crippen molar-refractivity contribution < 1.29 is 14.0 Å². The zero-order valence-corrected chi connectivity index (χ0v) is 9.96. The van der Waals surface area contributed by atoms with Crippen molar-refractivity contribution in [3.63, 3.8) is 0 Å². The maximum absolute atomic E-state index is 11.9. The fraction of sp³-hybridized carbons (Fsp3) is 0.909. The zero-order chi connectivity index (χ0) is 11.0. The van der Waals surface area contributed by atoms with E-state index in [-0.39, 0.29) is 5.78 Å². The Bertz CT molecular complexity index is 237. The maximum atomic E-state index is 11.9. The number of quaternary nitrogens is 1. The fourth-order valence-electron chi connectivity index (χ4n) is 2.20. The molecule has 0 spiro atoms. The normalized spacial score (nSPS) is 37.2. The minimum absolute atomic E-state index is 0.254. The molecule has 2 unspecified atom stereocenters. The molecule has 0 N–H and O–H groups in total. The van der Waals surface area contributed by atoms with Gasteiger partial charge < -0.3 is 9.22 Å². The van der Waals surface area contributed by atoms with Gasteiger partial charge in [0.1, 0.15) is 6.54 Å². The molecule has 1 saturated heterocycles. The highest BCUT2D eigenvalue weighted by atomic mass is 16.5. The first-order valence-electron chi connectivity index (χ1n) is 5.32. The summed E-state index contributed by atoms with van der Waals surface area (Å²) in [6, 6.07) is 0.399. The van der Waals surface area contributed by atoms with E-state index < -0.39 is 5.60 Å². The largest absolute Gasteiger partial charge is 0.362 e. The summed E-state index contributed by atoms with van der Waals surface area (Å²) in [6.07, 6.45) is 0.628. The number of nitrogens with zero attached hydrogens (tertiary/aromatic N) is 1. The molecule has 3 nitrogen and oxygen atoms in total. The van der Waals surface area contributed by atoms with Crippen LogP contribution in [0.15, 0.2) is 0 Å². The molecule has 2 atom stereocenters. The van der Waals surface area contributed by atoms with Crippen LogP contribution in [0, 0.1) is 0 Å². The van der Waals surface area contributed by atoms with E-state index in [4.69, 9.17) is 4.74 Å². The minimum atomic E-state index is -0.565. The molecule has 3 heteroatoms. The predicted molar refractivity (Wildman–Crippen MR) is 56.1 cm³/mol. The monoisotopic (exact) mass is 200 g/mol. The summed E-state index contributed by atoms with van der Waals surface area (Å²) in [5, 5.41) is 0. The van der Waals surface area contributed by atoms with Crippen LogP contribution >= 0.6 is 0 Å². The van der Waals surface area contributed by atoms with E-state index in [0.717, 1.165) is 11.0 Å². The third-order valence-corrected chi connectivity index (χ3v) is 3.44. The molecule has 82 valence electrons. The second-order valence-electron chi connectivity index (χ2n) is 5.08. The fourth-order valence-corrected chi connectivity index (χ4v) is 2.20. The predicted octanol–water partition coefficient (Wildman–Crippen LogP) is 1.22. The second-order valence-corrected chi connectivity index (χ2v) is 5.08. The Balaban J connectivity index is 2.84. The van der Waals surface area contributed by atoms with E-state index in [1.807, 2.05) is 13.8 Å². The molecule has 1 aliphatic rings. The number of piperidine rings is 1. The lowest BCUT2D eigenvalue weighted by Crippen LogP contribution is -2.64. The number of Topliss-reactive ketones (excluding diaryl/α,β-unsaturated/α-hetero) is 1. The number of likely N-dealkylation sites (tertiary alicyclic amines) is 1. The van der Waals surface area contributed by atoms with Crippen LogP contribution in [0.1, 0.15) is 27.2 Å². The topological polar surface area (TPSA) is 26.3 Å². The van der Waals surface area contributed by atoms with E-state index in [2.05, 4.69) is 21.0 Å². The Hall–Kier alpha value is -0.410. The van der Waals surface area contributed by atoms with Crippen molar-refractivity contribution in [3.05, 3.63) is 0 Å². The maximum Gasteiger partial charge on any atom is 0.176 e.